The van der Waals surface area contributed by atoms with Crippen LogP contribution in [0.3, 0.4) is 0 Å². The minimum Gasteiger partial charge on any atom is -0.298 e. The summed E-state index contributed by atoms with van der Waals surface area (Å²) < 4.78 is 0. The fourth-order valence-electron chi connectivity index (χ4n) is 1.55. The molecule has 0 bridgehead atoms. The molecule has 0 aliphatic heterocycles. The molecule has 0 atom stereocenters. The Balaban J connectivity index is 2.01. The molecule has 0 unspecified atom stereocenters. The van der Waals surface area contributed by atoms with Crippen LogP contribution in [0.25, 0.3) is 0 Å². The van der Waals surface area contributed by atoms with E-state index in [1.165, 1.54) is 0 Å². The minimum atomic E-state index is -0.132. The van der Waals surface area contributed by atoms with E-state index in [1.807, 2.05) is 55.5 Å². The largest absolute Gasteiger partial charge is 0.298 e. The summed E-state index contributed by atoms with van der Waals surface area (Å²) in [6, 6.07) is 17.0. The van der Waals surface area contributed by atoms with Gasteiger partial charge in [0.1, 0.15) is 0 Å². The van der Waals surface area contributed by atoms with Crippen LogP contribution in [0.4, 0.5) is 5.69 Å². The van der Waals surface area contributed by atoms with Crippen molar-refractivity contribution in [1.29, 1.82) is 0 Å². The van der Waals surface area contributed by atoms with Crippen LogP contribution in [-0.4, -0.2) is 5.91 Å². The predicted molar refractivity (Wildman–Crippen MR) is 68.7 cm³/mol. The van der Waals surface area contributed by atoms with Crippen LogP contribution in [-0.2, 0) is 0 Å². The molecule has 0 spiro atoms. The highest BCUT2D eigenvalue weighted by atomic mass is 16.2. The average Bonchev–Trinajstić information content (AvgIpc) is 2.38. The van der Waals surface area contributed by atoms with Gasteiger partial charge >= 0.3 is 0 Å². The van der Waals surface area contributed by atoms with Gasteiger partial charge in [0.25, 0.3) is 5.91 Å². The highest BCUT2D eigenvalue weighted by Gasteiger charge is 2.06. The van der Waals surface area contributed by atoms with Crippen molar-refractivity contribution in [2.75, 3.05) is 5.43 Å². The Labute approximate surface area is 100 Å². The molecule has 0 fully saturated rings. The van der Waals surface area contributed by atoms with Crippen LogP contribution in [0.2, 0.25) is 0 Å². The lowest BCUT2D eigenvalue weighted by Crippen LogP contribution is -2.29. The fraction of sp³-hybridized carbons (Fsp3) is 0.0714. The second-order valence-electron chi connectivity index (χ2n) is 3.76. The number of benzene rings is 2. The second kappa shape index (κ2) is 5.16. The number of rotatable bonds is 3. The highest BCUT2D eigenvalue weighted by molar-refractivity contribution is 5.96. The van der Waals surface area contributed by atoms with E-state index in [0.717, 1.165) is 11.3 Å². The Morgan fingerprint density at radius 3 is 2.29 bits per heavy atom. The van der Waals surface area contributed by atoms with E-state index in [9.17, 15) is 4.79 Å². The van der Waals surface area contributed by atoms with Gasteiger partial charge < -0.3 is 0 Å². The molecule has 3 nitrogen and oxygen atoms in total. The molecule has 0 aromatic heterocycles. The number of para-hydroxylation sites is 1. The summed E-state index contributed by atoms with van der Waals surface area (Å²) >= 11 is 0. The first-order valence-corrected chi connectivity index (χ1v) is 5.44. The van der Waals surface area contributed by atoms with Gasteiger partial charge in [-0.3, -0.25) is 15.6 Å². The molecule has 2 rings (SSSR count). The van der Waals surface area contributed by atoms with Crippen molar-refractivity contribution < 1.29 is 4.79 Å². The maximum atomic E-state index is 11.9. The van der Waals surface area contributed by atoms with E-state index < -0.39 is 0 Å². The molecule has 0 heterocycles. The third kappa shape index (κ3) is 2.84. The van der Waals surface area contributed by atoms with Crippen LogP contribution < -0.4 is 10.9 Å². The predicted octanol–water partition coefficient (Wildman–Crippen LogP) is 2.75. The van der Waals surface area contributed by atoms with Crippen LogP contribution in [0.15, 0.2) is 54.6 Å². The third-order valence-corrected chi connectivity index (χ3v) is 2.48. The molecule has 17 heavy (non-hydrogen) atoms. The lowest BCUT2D eigenvalue weighted by Gasteiger charge is -2.09. The van der Waals surface area contributed by atoms with Gasteiger partial charge in [0.15, 0.2) is 0 Å². The molecule has 3 heteroatoms. The quantitative estimate of drug-likeness (QED) is 0.790. The number of hydrogen-bond donors (Lipinski definition) is 2. The van der Waals surface area contributed by atoms with Gasteiger partial charge in [-0.05, 0) is 30.7 Å². The summed E-state index contributed by atoms with van der Waals surface area (Å²) in [6.07, 6.45) is 0. The van der Waals surface area contributed by atoms with Crippen molar-refractivity contribution in [2.24, 2.45) is 0 Å². The monoisotopic (exact) mass is 226 g/mol. The van der Waals surface area contributed by atoms with Gasteiger partial charge in [-0.1, -0.05) is 36.4 Å². The van der Waals surface area contributed by atoms with E-state index in [-0.39, 0.29) is 5.91 Å². The number of nitrogens with one attached hydrogen (secondary N) is 2. The summed E-state index contributed by atoms with van der Waals surface area (Å²) in [6.45, 7) is 1.91. The van der Waals surface area contributed by atoms with Crippen molar-refractivity contribution in [2.45, 2.75) is 6.92 Å². The number of aryl methyl sites for hydroxylation is 1. The zero-order valence-electron chi connectivity index (χ0n) is 9.60. The average molecular weight is 226 g/mol. The first kappa shape index (κ1) is 11.2. The first-order valence-electron chi connectivity index (χ1n) is 5.44. The molecule has 0 saturated heterocycles. The van der Waals surface area contributed by atoms with Gasteiger partial charge in [-0.15, -0.1) is 0 Å². The van der Waals surface area contributed by atoms with E-state index in [2.05, 4.69) is 10.9 Å². The van der Waals surface area contributed by atoms with Gasteiger partial charge in [0.05, 0.1) is 5.69 Å². The van der Waals surface area contributed by atoms with Crippen molar-refractivity contribution in [3.05, 3.63) is 65.7 Å². The van der Waals surface area contributed by atoms with E-state index >= 15 is 0 Å². The molecular weight excluding hydrogens is 212 g/mol. The molecular formula is C14H14N2O. The van der Waals surface area contributed by atoms with Crippen LogP contribution in [0.1, 0.15) is 15.9 Å². The summed E-state index contributed by atoms with van der Waals surface area (Å²) in [5.41, 5.74) is 8.03. The zero-order chi connectivity index (χ0) is 12.1. The number of hydrazine groups is 1. The number of carbonyl (C=O) groups excluding carboxylic acids is 1. The molecule has 0 radical (unpaired) electrons. The molecule has 86 valence electrons. The Morgan fingerprint density at radius 2 is 1.59 bits per heavy atom. The standard InChI is InChI=1S/C14H14N2O/c1-11-7-5-6-10-13(11)14(17)16-15-12-8-3-2-4-9-12/h2-10,15H,1H3,(H,16,17). The number of amides is 1. The molecule has 2 N–H and O–H groups in total. The van der Waals surface area contributed by atoms with Gasteiger partial charge in [0, 0.05) is 5.56 Å². The molecule has 0 aliphatic rings. The van der Waals surface area contributed by atoms with E-state index in [4.69, 9.17) is 0 Å². The van der Waals surface area contributed by atoms with Crippen LogP contribution in [0, 0.1) is 6.92 Å². The van der Waals surface area contributed by atoms with Crippen molar-refractivity contribution in [3.8, 4) is 0 Å². The smallest absolute Gasteiger partial charge is 0.269 e. The number of hydrogen-bond acceptors (Lipinski definition) is 2. The Morgan fingerprint density at radius 1 is 0.941 bits per heavy atom. The number of anilines is 1. The molecule has 0 aliphatic carbocycles. The molecule has 0 saturated carbocycles. The number of carbonyl (C=O) groups is 1. The highest BCUT2D eigenvalue weighted by Crippen LogP contribution is 2.07. The topological polar surface area (TPSA) is 41.1 Å². The normalized spacial score (nSPS) is 9.71. The molecule has 1 amide bonds. The Hall–Kier alpha value is -2.29. The van der Waals surface area contributed by atoms with Crippen LogP contribution >= 0.6 is 0 Å². The maximum absolute atomic E-state index is 11.9. The van der Waals surface area contributed by atoms with Gasteiger partial charge in [-0.25, -0.2) is 0 Å². The van der Waals surface area contributed by atoms with Gasteiger partial charge in [-0.2, -0.15) is 0 Å². The lowest BCUT2D eigenvalue weighted by atomic mass is 10.1. The van der Waals surface area contributed by atoms with Gasteiger partial charge in [0.2, 0.25) is 0 Å². The SMILES string of the molecule is Cc1ccccc1C(=O)NNc1ccccc1. The fourth-order valence-corrected chi connectivity index (χ4v) is 1.55. The summed E-state index contributed by atoms with van der Waals surface area (Å²) in [4.78, 5) is 11.9. The van der Waals surface area contributed by atoms with E-state index in [0.29, 0.717) is 5.56 Å². The molecule has 2 aromatic rings. The Kier molecular flexibility index (Phi) is 3.40. The molecule has 2 aromatic carbocycles. The first-order chi connectivity index (χ1) is 8.27. The van der Waals surface area contributed by atoms with E-state index in [1.54, 1.807) is 6.07 Å². The second-order valence-corrected chi connectivity index (χ2v) is 3.76. The maximum Gasteiger partial charge on any atom is 0.269 e. The van der Waals surface area contributed by atoms with Crippen molar-refractivity contribution in [3.63, 3.8) is 0 Å². The third-order valence-electron chi connectivity index (χ3n) is 2.48. The lowest BCUT2D eigenvalue weighted by molar-refractivity contribution is 0.0962. The minimum absolute atomic E-state index is 0.132. The zero-order valence-corrected chi connectivity index (χ0v) is 9.60. The Bertz CT molecular complexity index is 509. The summed E-state index contributed by atoms with van der Waals surface area (Å²) in [5, 5.41) is 0. The van der Waals surface area contributed by atoms with Crippen LogP contribution in [0.5, 0.6) is 0 Å². The summed E-state index contributed by atoms with van der Waals surface area (Å²) in [5.74, 6) is -0.132. The van der Waals surface area contributed by atoms with Crippen molar-refractivity contribution in [1.82, 2.24) is 5.43 Å². The summed E-state index contributed by atoms with van der Waals surface area (Å²) in [7, 11) is 0. The van der Waals surface area contributed by atoms with Crippen molar-refractivity contribution >= 4 is 11.6 Å².